The van der Waals surface area contributed by atoms with Crippen LogP contribution in [0.2, 0.25) is 0 Å². The number of methoxy groups -OCH3 is 1. The number of amides is 1. The normalized spacial score (nSPS) is 11.8. The summed E-state index contributed by atoms with van der Waals surface area (Å²) in [6, 6.07) is 12.0. The molecule has 5 nitrogen and oxygen atoms in total. The van der Waals surface area contributed by atoms with Crippen LogP contribution in [0.15, 0.2) is 48.5 Å². The molecule has 1 N–H and O–H groups in total. The maximum absolute atomic E-state index is 14.1. The van der Waals surface area contributed by atoms with Gasteiger partial charge in [0.1, 0.15) is 18.2 Å². The molecular weight excluding hydrogens is 507 g/mol. The zero-order valence-electron chi connectivity index (χ0n) is 22.9. The number of benzene rings is 3. The van der Waals surface area contributed by atoms with Crippen LogP contribution in [0.25, 0.3) is 0 Å². The molecule has 0 heterocycles. The predicted octanol–water partition coefficient (Wildman–Crippen LogP) is 6.92. The molecule has 3 aromatic carbocycles. The van der Waals surface area contributed by atoms with Crippen molar-refractivity contribution in [3.05, 3.63) is 99.4 Å². The van der Waals surface area contributed by atoms with Crippen LogP contribution >= 0.6 is 0 Å². The summed E-state index contributed by atoms with van der Waals surface area (Å²) in [5, 5.41) is 3.12. The standard InChI is InChI=1S/C31H34F3NO4/c1-18(2)12-28(22-14-19(3)13-20(4)15-22)35-31(37)24-16-23(8-6-21(24)7-11-29(36)38-5)39-17-25-26(32)9-10-27(33)30(25)34/h6,8-10,13-16,18,28H,7,11-12,17H2,1-5H3,(H,35,37)/t28-/m1/s1. The van der Waals surface area contributed by atoms with Gasteiger partial charge in [-0.05, 0) is 68.0 Å². The summed E-state index contributed by atoms with van der Waals surface area (Å²) in [7, 11) is 1.29. The number of hydrogen-bond donors (Lipinski definition) is 1. The minimum Gasteiger partial charge on any atom is -0.489 e. The van der Waals surface area contributed by atoms with E-state index in [1.165, 1.54) is 19.2 Å². The van der Waals surface area contributed by atoms with E-state index < -0.39 is 35.6 Å². The molecule has 0 aromatic heterocycles. The van der Waals surface area contributed by atoms with Gasteiger partial charge in [0.25, 0.3) is 5.91 Å². The van der Waals surface area contributed by atoms with Gasteiger partial charge in [-0.1, -0.05) is 49.2 Å². The number of esters is 1. The lowest BCUT2D eigenvalue weighted by molar-refractivity contribution is -0.140. The van der Waals surface area contributed by atoms with E-state index in [9.17, 15) is 22.8 Å². The van der Waals surface area contributed by atoms with E-state index >= 15 is 0 Å². The number of halogens is 3. The zero-order valence-corrected chi connectivity index (χ0v) is 22.9. The molecule has 3 rings (SSSR count). The van der Waals surface area contributed by atoms with Crippen LogP contribution in [-0.4, -0.2) is 19.0 Å². The van der Waals surface area contributed by atoms with Gasteiger partial charge in [0.2, 0.25) is 0 Å². The van der Waals surface area contributed by atoms with E-state index in [1.54, 1.807) is 6.07 Å². The molecule has 0 radical (unpaired) electrons. The maximum Gasteiger partial charge on any atom is 0.305 e. The van der Waals surface area contributed by atoms with Gasteiger partial charge in [-0.15, -0.1) is 0 Å². The molecule has 8 heteroatoms. The molecule has 3 aromatic rings. The Morgan fingerprint density at radius 1 is 0.923 bits per heavy atom. The highest BCUT2D eigenvalue weighted by molar-refractivity contribution is 5.96. The van der Waals surface area contributed by atoms with Crippen LogP contribution in [0.1, 0.15) is 70.9 Å². The molecule has 0 spiro atoms. The fourth-order valence-electron chi connectivity index (χ4n) is 4.47. The average Bonchev–Trinajstić information content (AvgIpc) is 2.88. The van der Waals surface area contributed by atoms with Gasteiger partial charge in [0.05, 0.1) is 18.7 Å². The first-order chi connectivity index (χ1) is 18.5. The van der Waals surface area contributed by atoms with Crippen LogP contribution in [0.5, 0.6) is 5.75 Å². The minimum absolute atomic E-state index is 0.0587. The van der Waals surface area contributed by atoms with Gasteiger partial charge in [-0.2, -0.15) is 0 Å². The van der Waals surface area contributed by atoms with E-state index in [1.807, 2.05) is 26.0 Å². The number of carbonyl (C=O) groups is 2. The van der Waals surface area contributed by atoms with Crippen molar-refractivity contribution in [3.8, 4) is 5.75 Å². The first-order valence-electron chi connectivity index (χ1n) is 12.8. The number of nitrogens with one attached hydrogen (secondary N) is 1. The quantitative estimate of drug-likeness (QED) is 0.211. The molecule has 0 aliphatic rings. The molecule has 208 valence electrons. The average molecular weight is 542 g/mol. The third kappa shape index (κ3) is 8.09. The van der Waals surface area contributed by atoms with Crippen LogP contribution in [0, 0.1) is 37.2 Å². The molecule has 0 aliphatic carbocycles. The van der Waals surface area contributed by atoms with Gasteiger partial charge in [0, 0.05) is 12.0 Å². The van der Waals surface area contributed by atoms with Gasteiger partial charge in [-0.3, -0.25) is 9.59 Å². The Balaban J connectivity index is 1.93. The summed E-state index contributed by atoms with van der Waals surface area (Å²) in [5.41, 5.74) is 3.43. The molecule has 0 aliphatic heterocycles. The lowest BCUT2D eigenvalue weighted by atomic mass is 9.93. The highest BCUT2D eigenvalue weighted by atomic mass is 19.2. The van der Waals surface area contributed by atoms with Crippen molar-refractivity contribution >= 4 is 11.9 Å². The van der Waals surface area contributed by atoms with Gasteiger partial charge in [0.15, 0.2) is 11.6 Å². The van der Waals surface area contributed by atoms with Crippen molar-refractivity contribution < 1.29 is 32.2 Å². The zero-order chi connectivity index (χ0) is 28.7. The minimum atomic E-state index is -1.33. The van der Waals surface area contributed by atoms with Crippen LogP contribution in [0.4, 0.5) is 13.2 Å². The lowest BCUT2D eigenvalue weighted by Gasteiger charge is -2.23. The first-order valence-corrected chi connectivity index (χ1v) is 12.8. The summed E-state index contributed by atoms with van der Waals surface area (Å²) in [6.07, 6.45) is 0.991. The van der Waals surface area contributed by atoms with E-state index in [0.29, 0.717) is 24.0 Å². The number of aryl methyl sites for hydroxylation is 3. The number of hydrogen-bond acceptors (Lipinski definition) is 4. The summed E-state index contributed by atoms with van der Waals surface area (Å²) >= 11 is 0. The maximum atomic E-state index is 14.1. The smallest absolute Gasteiger partial charge is 0.305 e. The van der Waals surface area contributed by atoms with Crippen LogP contribution in [-0.2, 0) is 22.6 Å². The third-order valence-corrected chi connectivity index (χ3v) is 6.33. The van der Waals surface area contributed by atoms with Crippen LogP contribution < -0.4 is 10.1 Å². The second kappa shape index (κ2) is 13.3. The van der Waals surface area contributed by atoms with E-state index in [-0.39, 0.29) is 36.1 Å². The molecule has 1 atom stereocenters. The topological polar surface area (TPSA) is 64.6 Å². The molecule has 0 saturated heterocycles. The third-order valence-electron chi connectivity index (χ3n) is 6.33. The van der Waals surface area contributed by atoms with Gasteiger partial charge >= 0.3 is 5.97 Å². The van der Waals surface area contributed by atoms with Crippen molar-refractivity contribution in [1.82, 2.24) is 5.32 Å². The Bertz CT molecular complexity index is 1320. The van der Waals surface area contributed by atoms with E-state index in [4.69, 9.17) is 9.47 Å². The SMILES string of the molecule is COC(=O)CCc1ccc(OCc2c(F)ccc(F)c2F)cc1C(=O)N[C@H](CC(C)C)c1cc(C)cc(C)c1. The number of rotatable bonds is 11. The fraction of sp³-hybridized carbons (Fsp3) is 0.355. The molecule has 1 amide bonds. The molecule has 0 bridgehead atoms. The summed E-state index contributed by atoms with van der Waals surface area (Å²) in [6.45, 7) is 7.57. The molecule has 0 fully saturated rings. The Morgan fingerprint density at radius 3 is 2.23 bits per heavy atom. The molecule has 39 heavy (non-hydrogen) atoms. The number of carbonyl (C=O) groups excluding carboxylic acids is 2. The first kappa shape index (κ1) is 29.7. The molecule has 0 unspecified atom stereocenters. The summed E-state index contributed by atoms with van der Waals surface area (Å²) in [4.78, 5) is 25.4. The Kier molecular flexibility index (Phi) is 10.2. The van der Waals surface area contributed by atoms with Gasteiger partial charge in [-0.25, -0.2) is 13.2 Å². The van der Waals surface area contributed by atoms with Crippen molar-refractivity contribution in [2.45, 2.75) is 59.6 Å². The Labute approximate surface area is 227 Å². The monoisotopic (exact) mass is 541 g/mol. The predicted molar refractivity (Wildman–Crippen MR) is 143 cm³/mol. The lowest BCUT2D eigenvalue weighted by Crippen LogP contribution is -2.30. The number of ether oxygens (including phenoxy) is 2. The van der Waals surface area contributed by atoms with Crippen molar-refractivity contribution in [2.75, 3.05) is 7.11 Å². The second-order valence-electron chi connectivity index (χ2n) is 10.1. The Hall–Kier alpha value is -3.81. The van der Waals surface area contributed by atoms with E-state index in [2.05, 4.69) is 25.2 Å². The fourth-order valence-corrected chi connectivity index (χ4v) is 4.47. The van der Waals surface area contributed by atoms with Crippen molar-refractivity contribution in [2.24, 2.45) is 5.92 Å². The molecule has 0 saturated carbocycles. The highest BCUT2D eigenvalue weighted by Gasteiger charge is 2.21. The van der Waals surface area contributed by atoms with Crippen LogP contribution in [0.3, 0.4) is 0 Å². The largest absolute Gasteiger partial charge is 0.489 e. The van der Waals surface area contributed by atoms with Gasteiger partial charge < -0.3 is 14.8 Å². The van der Waals surface area contributed by atoms with Crippen molar-refractivity contribution in [1.29, 1.82) is 0 Å². The summed E-state index contributed by atoms with van der Waals surface area (Å²) in [5.74, 6) is -3.80. The highest BCUT2D eigenvalue weighted by Crippen LogP contribution is 2.27. The molecular formula is C31H34F3NO4. The Morgan fingerprint density at radius 2 is 1.59 bits per heavy atom. The van der Waals surface area contributed by atoms with Crippen molar-refractivity contribution in [3.63, 3.8) is 0 Å². The van der Waals surface area contributed by atoms with E-state index in [0.717, 1.165) is 22.8 Å². The second-order valence-corrected chi connectivity index (χ2v) is 10.1. The summed E-state index contributed by atoms with van der Waals surface area (Å²) < 4.78 is 52.1.